The van der Waals surface area contributed by atoms with Gasteiger partial charge in [0.15, 0.2) is 5.13 Å². The Hall–Kier alpha value is -0.610. The quantitative estimate of drug-likeness (QED) is 0.881. The van der Waals surface area contributed by atoms with Crippen LogP contribution in [0.2, 0.25) is 0 Å². The van der Waals surface area contributed by atoms with Gasteiger partial charge in [0, 0.05) is 13.1 Å². The number of thiazole rings is 1. The van der Waals surface area contributed by atoms with Gasteiger partial charge in [-0.05, 0) is 39.0 Å². The van der Waals surface area contributed by atoms with Gasteiger partial charge in [-0.2, -0.15) is 0 Å². The highest BCUT2D eigenvalue weighted by Crippen LogP contribution is 2.32. The summed E-state index contributed by atoms with van der Waals surface area (Å²) >= 11 is 1.65. The van der Waals surface area contributed by atoms with Crippen LogP contribution in [-0.2, 0) is 0 Å². The molecule has 0 radical (unpaired) electrons. The average molecular weight is 254 g/mol. The molecule has 17 heavy (non-hydrogen) atoms. The molecule has 1 saturated heterocycles. The van der Waals surface area contributed by atoms with Crippen LogP contribution < -0.4 is 4.90 Å². The average Bonchev–Trinajstić information content (AvgIpc) is 2.52. The molecule has 1 aliphatic rings. The number of rotatable bonds is 2. The molecule has 2 unspecified atom stereocenters. The van der Waals surface area contributed by atoms with E-state index in [1.54, 1.807) is 11.3 Å². The fourth-order valence-electron chi connectivity index (χ4n) is 2.37. The summed E-state index contributed by atoms with van der Waals surface area (Å²) in [5.74, 6) is 0.831. The lowest BCUT2D eigenvalue weighted by atomic mass is 10.0. The summed E-state index contributed by atoms with van der Waals surface area (Å²) in [7, 11) is 0. The Morgan fingerprint density at radius 3 is 2.82 bits per heavy atom. The van der Waals surface area contributed by atoms with Gasteiger partial charge in [0.05, 0.1) is 16.7 Å². The molecule has 0 amide bonds. The maximum absolute atomic E-state index is 9.67. The molecule has 0 spiro atoms. The molecule has 3 nitrogen and oxygen atoms in total. The molecule has 1 aromatic heterocycles. The van der Waals surface area contributed by atoms with Crippen LogP contribution in [0.3, 0.4) is 0 Å². The number of hydrogen-bond donors (Lipinski definition) is 1. The minimum Gasteiger partial charge on any atom is -0.388 e. The molecule has 0 saturated carbocycles. The number of aliphatic hydroxyl groups excluding tert-OH is 1. The summed E-state index contributed by atoms with van der Waals surface area (Å²) in [6.07, 6.45) is 3.43. The predicted molar refractivity (Wildman–Crippen MR) is 72.7 cm³/mol. The second kappa shape index (κ2) is 5.36. The van der Waals surface area contributed by atoms with Crippen molar-refractivity contribution in [2.45, 2.75) is 46.1 Å². The number of hydrogen-bond acceptors (Lipinski definition) is 4. The Kier molecular flexibility index (Phi) is 4.05. The summed E-state index contributed by atoms with van der Waals surface area (Å²) in [4.78, 5) is 8.00. The van der Waals surface area contributed by atoms with Gasteiger partial charge in [-0.15, -0.1) is 0 Å². The van der Waals surface area contributed by atoms with Crippen molar-refractivity contribution in [3.63, 3.8) is 0 Å². The van der Waals surface area contributed by atoms with E-state index in [-0.39, 0.29) is 0 Å². The topological polar surface area (TPSA) is 36.4 Å². The normalized spacial score (nSPS) is 23.5. The van der Waals surface area contributed by atoms with Crippen molar-refractivity contribution in [3.8, 4) is 0 Å². The third-order valence-corrected chi connectivity index (χ3v) is 4.88. The van der Waals surface area contributed by atoms with E-state index in [1.165, 1.54) is 19.3 Å². The molecule has 1 aromatic rings. The van der Waals surface area contributed by atoms with Crippen molar-refractivity contribution < 1.29 is 5.11 Å². The third-order valence-electron chi connectivity index (χ3n) is 3.49. The van der Waals surface area contributed by atoms with E-state index in [1.807, 2.05) is 13.8 Å². The highest BCUT2D eigenvalue weighted by molar-refractivity contribution is 7.15. The Bertz CT molecular complexity index is 375. The third kappa shape index (κ3) is 2.99. The molecule has 4 heteroatoms. The molecule has 96 valence electrons. The maximum atomic E-state index is 9.67. The Labute approximate surface area is 107 Å². The van der Waals surface area contributed by atoms with E-state index in [0.717, 1.165) is 34.7 Å². The first kappa shape index (κ1) is 12.8. The van der Waals surface area contributed by atoms with E-state index in [2.05, 4.69) is 16.8 Å². The van der Waals surface area contributed by atoms with Gasteiger partial charge in [0.1, 0.15) is 0 Å². The number of nitrogens with zero attached hydrogens (tertiary/aromatic N) is 2. The predicted octanol–water partition coefficient (Wildman–Crippen LogP) is 3.13. The largest absolute Gasteiger partial charge is 0.388 e. The number of aryl methyl sites for hydroxylation is 1. The van der Waals surface area contributed by atoms with Crippen LogP contribution in [0.5, 0.6) is 0 Å². The van der Waals surface area contributed by atoms with Gasteiger partial charge in [0.25, 0.3) is 0 Å². The molecule has 2 heterocycles. The van der Waals surface area contributed by atoms with E-state index in [9.17, 15) is 5.11 Å². The van der Waals surface area contributed by atoms with E-state index in [4.69, 9.17) is 0 Å². The summed E-state index contributed by atoms with van der Waals surface area (Å²) in [6.45, 7) is 8.35. The van der Waals surface area contributed by atoms with Crippen LogP contribution in [-0.4, -0.2) is 23.2 Å². The molecule has 0 bridgehead atoms. The van der Waals surface area contributed by atoms with Gasteiger partial charge in [-0.3, -0.25) is 0 Å². The van der Waals surface area contributed by atoms with Crippen molar-refractivity contribution in [2.75, 3.05) is 18.0 Å². The van der Waals surface area contributed by atoms with Crippen molar-refractivity contribution in [2.24, 2.45) is 5.92 Å². The maximum Gasteiger partial charge on any atom is 0.185 e. The second-order valence-electron chi connectivity index (χ2n) is 5.15. The zero-order chi connectivity index (χ0) is 12.4. The fourth-order valence-corrected chi connectivity index (χ4v) is 3.43. The smallest absolute Gasteiger partial charge is 0.185 e. The van der Waals surface area contributed by atoms with Gasteiger partial charge < -0.3 is 10.0 Å². The summed E-state index contributed by atoms with van der Waals surface area (Å²) in [6, 6.07) is 0. The zero-order valence-corrected chi connectivity index (χ0v) is 11.8. The highest BCUT2D eigenvalue weighted by Gasteiger charge is 2.19. The molecule has 2 rings (SSSR count). The van der Waals surface area contributed by atoms with Gasteiger partial charge in [-0.1, -0.05) is 18.3 Å². The first-order valence-electron chi connectivity index (χ1n) is 6.48. The lowest BCUT2D eigenvalue weighted by Gasteiger charge is -2.18. The lowest BCUT2D eigenvalue weighted by Crippen LogP contribution is -2.23. The van der Waals surface area contributed by atoms with Crippen LogP contribution in [0.25, 0.3) is 0 Å². The molecule has 1 aliphatic heterocycles. The Balaban J connectivity index is 2.13. The minimum atomic E-state index is -0.396. The highest BCUT2D eigenvalue weighted by atomic mass is 32.1. The van der Waals surface area contributed by atoms with Crippen molar-refractivity contribution in [3.05, 3.63) is 10.6 Å². The van der Waals surface area contributed by atoms with Crippen molar-refractivity contribution in [1.29, 1.82) is 0 Å². The Morgan fingerprint density at radius 1 is 1.41 bits per heavy atom. The molecular weight excluding hydrogens is 232 g/mol. The van der Waals surface area contributed by atoms with Crippen molar-refractivity contribution >= 4 is 16.5 Å². The number of anilines is 1. The minimum absolute atomic E-state index is 0.396. The standard InChI is InChI=1S/C13H22N2OS/c1-9-5-4-7-15(8-6-9)13-14-10(2)12(17-13)11(3)16/h9,11,16H,4-8H2,1-3H3. The molecule has 0 aromatic carbocycles. The number of aliphatic hydroxyl groups is 1. The summed E-state index contributed by atoms with van der Waals surface area (Å²) in [5, 5.41) is 10.8. The van der Waals surface area contributed by atoms with E-state index in [0.29, 0.717) is 0 Å². The van der Waals surface area contributed by atoms with Crippen LogP contribution in [0.4, 0.5) is 5.13 Å². The number of aromatic nitrogens is 1. The van der Waals surface area contributed by atoms with E-state index >= 15 is 0 Å². The van der Waals surface area contributed by atoms with Crippen molar-refractivity contribution in [1.82, 2.24) is 4.98 Å². The zero-order valence-electron chi connectivity index (χ0n) is 10.9. The molecule has 0 aliphatic carbocycles. The van der Waals surface area contributed by atoms with Crippen LogP contribution in [0, 0.1) is 12.8 Å². The molecule has 2 atom stereocenters. The molecular formula is C13H22N2OS. The van der Waals surface area contributed by atoms with E-state index < -0.39 is 6.10 Å². The first-order chi connectivity index (χ1) is 8.08. The van der Waals surface area contributed by atoms with Gasteiger partial charge in [0.2, 0.25) is 0 Å². The second-order valence-corrected chi connectivity index (χ2v) is 6.15. The fraction of sp³-hybridized carbons (Fsp3) is 0.769. The van der Waals surface area contributed by atoms with Crippen LogP contribution in [0.1, 0.15) is 49.8 Å². The molecule has 1 N–H and O–H groups in total. The lowest BCUT2D eigenvalue weighted by molar-refractivity contribution is 0.202. The van der Waals surface area contributed by atoms with Gasteiger partial charge in [-0.25, -0.2) is 4.98 Å². The molecule has 1 fully saturated rings. The van der Waals surface area contributed by atoms with Crippen LogP contribution in [0.15, 0.2) is 0 Å². The summed E-state index contributed by atoms with van der Waals surface area (Å²) < 4.78 is 0. The monoisotopic (exact) mass is 254 g/mol. The summed E-state index contributed by atoms with van der Waals surface area (Å²) in [5.41, 5.74) is 0.984. The Morgan fingerprint density at radius 2 is 2.18 bits per heavy atom. The first-order valence-corrected chi connectivity index (χ1v) is 7.30. The van der Waals surface area contributed by atoms with Crippen LogP contribution >= 0.6 is 11.3 Å². The SMILES string of the molecule is Cc1nc(N2CCCC(C)CC2)sc1C(C)O. The van der Waals surface area contributed by atoms with Gasteiger partial charge >= 0.3 is 0 Å².